The molecular formula is C15H14Cl3N3S. The molecule has 7 heteroatoms. The van der Waals surface area contributed by atoms with E-state index in [1.807, 2.05) is 30.5 Å². The van der Waals surface area contributed by atoms with Crippen molar-refractivity contribution in [2.24, 2.45) is 4.99 Å². The molecule has 1 aromatic carbocycles. The summed E-state index contributed by atoms with van der Waals surface area (Å²) in [4.78, 5) is 10.9. The number of anilines is 1. The third-order valence-corrected chi connectivity index (χ3v) is 4.81. The highest BCUT2D eigenvalue weighted by atomic mass is 35.5. The van der Waals surface area contributed by atoms with Gasteiger partial charge in [0.15, 0.2) is 5.17 Å². The summed E-state index contributed by atoms with van der Waals surface area (Å²) in [6, 6.07) is 9.65. The average molecular weight is 375 g/mol. The molecule has 3 nitrogen and oxygen atoms in total. The standard InChI is InChI=1S/C15H13Cl2N3S.ClH/c16-13-4-3-12(8-14(13)17)20(15-19-6-7-21-15)10-11-2-1-5-18-9-11;/h1-5,8-9H,6-7,10H2;1H. The molecule has 1 aliphatic rings. The maximum atomic E-state index is 6.15. The number of aromatic nitrogens is 1. The van der Waals surface area contributed by atoms with E-state index in [0.717, 1.165) is 28.7 Å². The first kappa shape index (κ1) is 17.4. The van der Waals surface area contributed by atoms with E-state index in [9.17, 15) is 0 Å². The fourth-order valence-corrected chi connectivity index (χ4v) is 3.25. The fourth-order valence-electron chi connectivity index (χ4n) is 2.08. The van der Waals surface area contributed by atoms with Gasteiger partial charge in [-0.15, -0.1) is 12.4 Å². The zero-order chi connectivity index (χ0) is 14.7. The SMILES string of the molecule is Cl.Clc1ccc(N(Cc2cccnc2)C2=NCCS2)cc1Cl. The summed E-state index contributed by atoms with van der Waals surface area (Å²) < 4.78 is 0. The monoisotopic (exact) mass is 373 g/mol. The van der Waals surface area contributed by atoms with E-state index in [1.54, 1.807) is 18.0 Å². The highest BCUT2D eigenvalue weighted by Crippen LogP contribution is 2.30. The Morgan fingerprint density at radius 1 is 1.18 bits per heavy atom. The molecule has 116 valence electrons. The van der Waals surface area contributed by atoms with Crippen molar-refractivity contribution >= 4 is 58.2 Å². The molecule has 0 amide bonds. The molecule has 0 fully saturated rings. The molecule has 0 N–H and O–H groups in total. The molecule has 0 saturated heterocycles. The van der Waals surface area contributed by atoms with Gasteiger partial charge < -0.3 is 4.90 Å². The first-order chi connectivity index (χ1) is 10.2. The maximum Gasteiger partial charge on any atom is 0.164 e. The van der Waals surface area contributed by atoms with Crippen LogP contribution >= 0.6 is 47.4 Å². The van der Waals surface area contributed by atoms with Gasteiger partial charge in [0.2, 0.25) is 0 Å². The number of hydrogen-bond donors (Lipinski definition) is 0. The minimum absolute atomic E-state index is 0. The Morgan fingerprint density at radius 2 is 2.05 bits per heavy atom. The molecule has 1 aromatic heterocycles. The molecule has 0 radical (unpaired) electrons. The van der Waals surface area contributed by atoms with Crippen LogP contribution in [0.3, 0.4) is 0 Å². The van der Waals surface area contributed by atoms with Crippen molar-refractivity contribution in [2.75, 3.05) is 17.2 Å². The van der Waals surface area contributed by atoms with Crippen LogP contribution in [0.5, 0.6) is 0 Å². The number of hydrogen-bond acceptors (Lipinski definition) is 4. The van der Waals surface area contributed by atoms with Gasteiger partial charge in [0.1, 0.15) is 0 Å². The largest absolute Gasteiger partial charge is 0.317 e. The summed E-state index contributed by atoms with van der Waals surface area (Å²) in [5.41, 5.74) is 2.11. The van der Waals surface area contributed by atoms with Crippen LogP contribution in [0.15, 0.2) is 47.7 Å². The smallest absolute Gasteiger partial charge is 0.164 e. The third-order valence-electron chi connectivity index (χ3n) is 3.08. The van der Waals surface area contributed by atoms with Crippen LogP contribution < -0.4 is 4.90 Å². The van der Waals surface area contributed by atoms with Gasteiger partial charge >= 0.3 is 0 Å². The minimum Gasteiger partial charge on any atom is -0.317 e. The Labute approximate surface area is 150 Å². The van der Waals surface area contributed by atoms with Crippen molar-refractivity contribution in [3.8, 4) is 0 Å². The van der Waals surface area contributed by atoms with E-state index in [1.165, 1.54) is 0 Å². The van der Waals surface area contributed by atoms with Crippen LogP contribution in [-0.4, -0.2) is 22.4 Å². The summed E-state index contributed by atoms with van der Waals surface area (Å²) in [5.74, 6) is 1.01. The molecule has 0 saturated carbocycles. The molecule has 0 bridgehead atoms. The Hall–Kier alpha value is -0.940. The first-order valence-corrected chi connectivity index (χ1v) is 8.27. The van der Waals surface area contributed by atoms with Crippen LogP contribution in [0.25, 0.3) is 0 Å². The molecule has 1 aliphatic heterocycles. The van der Waals surface area contributed by atoms with Gasteiger partial charge in [0, 0.05) is 23.8 Å². The summed E-state index contributed by atoms with van der Waals surface area (Å²) in [7, 11) is 0. The number of nitrogens with zero attached hydrogens (tertiary/aromatic N) is 3. The van der Waals surface area contributed by atoms with Gasteiger partial charge in [-0.2, -0.15) is 0 Å². The van der Waals surface area contributed by atoms with E-state index >= 15 is 0 Å². The first-order valence-electron chi connectivity index (χ1n) is 6.53. The van der Waals surface area contributed by atoms with E-state index in [0.29, 0.717) is 16.6 Å². The summed E-state index contributed by atoms with van der Waals surface area (Å²) in [5, 5.41) is 2.12. The quantitative estimate of drug-likeness (QED) is 0.763. The van der Waals surface area contributed by atoms with E-state index in [2.05, 4.69) is 20.9 Å². The van der Waals surface area contributed by atoms with Crippen molar-refractivity contribution in [1.29, 1.82) is 0 Å². The van der Waals surface area contributed by atoms with Crippen molar-refractivity contribution < 1.29 is 0 Å². The van der Waals surface area contributed by atoms with Crippen molar-refractivity contribution in [3.63, 3.8) is 0 Å². The lowest BCUT2D eigenvalue weighted by atomic mass is 10.2. The number of halogens is 3. The zero-order valence-corrected chi connectivity index (χ0v) is 14.7. The molecule has 0 atom stereocenters. The van der Waals surface area contributed by atoms with Crippen molar-refractivity contribution in [3.05, 3.63) is 58.3 Å². The normalized spacial score (nSPS) is 13.5. The van der Waals surface area contributed by atoms with Gasteiger partial charge in [-0.25, -0.2) is 0 Å². The maximum absolute atomic E-state index is 6.15. The Kier molecular flexibility index (Phi) is 6.38. The fraction of sp³-hybridized carbons (Fsp3) is 0.200. The lowest BCUT2D eigenvalue weighted by Gasteiger charge is -2.24. The molecular weight excluding hydrogens is 361 g/mol. The zero-order valence-electron chi connectivity index (χ0n) is 11.6. The summed E-state index contributed by atoms with van der Waals surface area (Å²) >= 11 is 13.9. The van der Waals surface area contributed by atoms with Gasteiger partial charge in [0.05, 0.1) is 23.1 Å². The number of rotatable bonds is 3. The van der Waals surface area contributed by atoms with E-state index in [4.69, 9.17) is 23.2 Å². The number of pyridine rings is 1. The highest BCUT2D eigenvalue weighted by Gasteiger charge is 2.19. The van der Waals surface area contributed by atoms with Gasteiger partial charge in [0.25, 0.3) is 0 Å². The predicted molar refractivity (Wildman–Crippen MR) is 98.9 cm³/mol. The molecule has 0 unspecified atom stereocenters. The lowest BCUT2D eigenvalue weighted by molar-refractivity contribution is 0.994. The molecule has 0 spiro atoms. The van der Waals surface area contributed by atoms with Gasteiger partial charge in [-0.3, -0.25) is 9.98 Å². The van der Waals surface area contributed by atoms with E-state index in [-0.39, 0.29) is 12.4 Å². The minimum atomic E-state index is 0. The van der Waals surface area contributed by atoms with Crippen LogP contribution in [0.4, 0.5) is 5.69 Å². The van der Waals surface area contributed by atoms with Gasteiger partial charge in [-0.1, -0.05) is 41.0 Å². The van der Waals surface area contributed by atoms with Gasteiger partial charge in [-0.05, 0) is 29.8 Å². The van der Waals surface area contributed by atoms with Crippen LogP contribution in [0.1, 0.15) is 5.56 Å². The number of aliphatic imine (C=N–C) groups is 1. The second kappa shape index (κ2) is 8.06. The van der Waals surface area contributed by atoms with Crippen LogP contribution in [0, 0.1) is 0 Å². The van der Waals surface area contributed by atoms with Crippen LogP contribution in [-0.2, 0) is 6.54 Å². The topological polar surface area (TPSA) is 28.5 Å². The Bertz CT molecular complexity index is 664. The Balaban J connectivity index is 0.00000176. The molecule has 2 aromatic rings. The molecule has 3 rings (SSSR count). The molecule has 2 heterocycles. The summed E-state index contributed by atoms with van der Waals surface area (Å²) in [6.07, 6.45) is 3.64. The average Bonchev–Trinajstić information content (AvgIpc) is 3.03. The molecule has 0 aliphatic carbocycles. The van der Waals surface area contributed by atoms with Crippen molar-refractivity contribution in [1.82, 2.24) is 4.98 Å². The number of thioether (sulfide) groups is 1. The Morgan fingerprint density at radius 3 is 2.68 bits per heavy atom. The number of amidine groups is 1. The lowest BCUT2D eigenvalue weighted by Crippen LogP contribution is -2.27. The predicted octanol–water partition coefficient (Wildman–Crippen LogP) is 4.92. The van der Waals surface area contributed by atoms with E-state index < -0.39 is 0 Å². The molecule has 22 heavy (non-hydrogen) atoms. The third kappa shape index (κ3) is 4.07. The second-order valence-corrected chi connectivity index (χ2v) is 6.44. The van der Waals surface area contributed by atoms with Crippen LogP contribution in [0.2, 0.25) is 10.0 Å². The number of benzene rings is 1. The summed E-state index contributed by atoms with van der Waals surface area (Å²) in [6.45, 7) is 1.56. The van der Waals surface area contributed by atoms with Crippen molar-refractivity contribution in [2.45, 2.75) is 6.54 Å². The second-order valence-electron chi connectivity index (χ2n) is 4.56. The highest BCUT2D eigenvalue weighted by molar-refractivity contribution is 8.14.